The van der Waals surface area contributed by atoms with Crippen molar-refractivity contribution in [3.05, 3.63) is 23.8 Å². The fourth-order valence-electron chi connectivity index (χ4n) is 2.23. The minimum atomic E-state index is -3.86. The van der Waals surface area contributed by atoms with E-state index in [0.717, 1.165) is 4.31 Å². The van der Waals surface area contributed by atoms with Gasteiger partial charge in [0.2, 0.25) is 0 Å². The van der Waals surface area contributed by atoms with Gasteiger partial charge in [-0.05, 0) is 45.9 Å². The Labute approximate surface area is 147 Å². The van der Waals surface area contributed by atoms with E-state index in [4.69, 9.17) is 18.4 Å². The first-order chi connectivity index (χ1) is 11.4. The van der Waals surface area contributed by atoms with Crippen LogP contribution >= 0.6 is 0 Å². The lowest BCUT2D eigenvalue weighted by Gasteiger charge is -2.25. The molecule has 0 fully saturated rings. The topological polar surface area (TPSA) is 91.4 Å². The van der Waals surface area contributed by atoms with Gasteiger partial charge in [-0.15, -0.1) is 0 Å². The summed E-state index contributed by atoms with van der Waals surface area (Å²) in [6.07, 6.45) is -2.03. The third kappa shape index (κ3) is 4.16. The molecule has 1 heterocycles. The third-order valence-electron chi connectivity index (χ3n) is 3.65. The lowest BCUT2D eigenvalue weighted by atomic mass is 9.85. The summed E-state index contributed by atoms with van der Waals surface area (Å²) >= 11 is 0. The molecule has 25 heavy (non-hydrogen) atoms. The van der Waals surface area contributed by atoms with Crippen LogP contribution in [0.1, 0.15) is 33.3 Å². The van der Waals surface area contributed by atoms with Crippen molar-refractivity contribution in [3.63, 3.8) is 0 Å². The van der Waals surface area contributed by atoms with Crippen LogP contribution in [-0.2, 0) is 25.2 Å². The number of ether oxygens (including phenoxy) is 3. The molecule has 9 heteroatoms. The van der Waals surface area contributed by atoms with Crippen molar-refractivity contribution >= 4 is 16.5 Å². The number of fused-ring (bicyclic) bond motifs is 1. The lowest BCUT2D eigenvalue weighted by Crippen LogP contribution is -2.37. The highest BCUT2D eigenvalue weighted by molar-refractivity contribution is 7.84. The molecule has 140 valence electrons. The Morgan fingerprint density at radius 3 is 2.48 bits per heavy atom. The Bertz CT molecular complexity index is 756. The second kappa shape index (κ2) is 6.72. The van der Waals surface area contributed by atoms with E-state index in [0.29, 0.717) is 11.3 Å². The Morgan fingerprint density at radius 2 is 1.92 bits per heavy atom. The van der Waals surface area contributed by atoms with Crippen molar-refractivity contribution in [2.45, 2.75) is 45.5 Å². The molecule has 8 nitrogen and oxygen atoms in total. The van der Waals surface area contributed by atoms with Gasteiger partial charge in [-0.3, -0.25) is 0 Å². The number of carbonyl (C=O) groups is 1. The highest BCUT2D eigenvalue weighted by Gasteiger charge is 2.45. The first kappa shape index (κ1) is 19.3. The molecule has 0 aromatic heterocycles. The van der Waals surface area contributed by atoms with Crippen LogP contribution in [0.5, 0.6) is 11.5 Å². The summed E-state index contributed by atoms with van der Waals surface area (Å²) in [7, 11) is -1.11. The van der Waals surface area contributed by atoms with Gasteiger partial charge in [0.15, 0.2) is 0 Å². The number of benzene rings is 1. The molecule has 0 saturated carbocycles. The number of hydrogen-bond donors (Lipinski definition) is 0. The minimum Gasteiger partial charge on any atom is -0.453 e. The van der Waals surface area contributed by atoms with Gasteiger partial charge >= 0.3 is 16.5 Å². The van der Waals surface area contributed by atoms with E-state index in [1.807, 2.05) is 13.8 Å². The van der Waals surface area contributed by atoms with E-state index in [-0.39, 0.29) is 11.9 Å². The summed E-state index contributed by atoms with van der Waals surface area (Å²) in [6.45, 7) is 7.06. The molecule has 1 aliphatic heterocycles. The van der Waals surface area contributed by atoms with Crippen molar-refractivity contribution in [3.8, 4) is 11.5 Å². The largest absolute Gasteiger partial charge is 0.511 e. The highest BCUT2D eigenvalue weighted by Crippen LogP contribution is 2.45. The quantitative estimate of drug-likeness (QED) is 0.732. The molecule has 1 atom stereocenters. The molecule has 0 saturated heterocycles. The second-order valence-electron chi connectivity index (χ2n) is 6.69. The van der Waals surface area contributed by atoms with Crippen molar-refractivity contribution in [1.82, 2.24) is 4.31 Å². The second-order valence-corrected chi connectivity index (χ2v) is 8.44. The van der Waals surface area contributed by atoms with Gasteiger partial charge in [0, 0.05) is 19.7 Å². The van der Waals surface area contributed by atoms with Crippen molar-refractivity contribution in [2.75, 3.05) is 14.1 Å². The maximum atomic E-state index is 11.9. The Morgan fingerprint density at radius 1 is 1.28 bits per heavy atom. The maximum absolute atomic E-state index is 11.9. The van der Waals surface area contributed by atoms with E-state index in [1.165, 1.54) is 20.2 Å². The molecule has 0 aliphatic carbocycles. The summed E-state index contributed by atoms with van der Waals surface area (Å²) in [4.78, 5) is 11.7. The monoisotopic (exact) mass is 373 g/mol. The van der Waals surface area contributed by atoms with Gasteiger partial charge in [0.05, 0.1) is 11.5 Å². The Kier molecular flexibility index (Phi) is 5.19. The van der Waals surface area contributed by atoms with Crippen molar-refractivity contribution in [2.24, 2.45) is 0 Å². The standard InChI is InChI=1S/C16H23NO7S/c1-10(2)21-15(18)23-14-16(3,4)12-9-11(7-8-13(12)22-14)24-25(19,20)17(5)6/h7-10,14H,1-6H3. The predicted octanol–water partition coefficient (Wildman–Crippen LogP) is 2.43. The van der Waals surface area contributed by atoms with Crippen LogP contribution in [0.2, 0.25) is 0 Å². The first-order valence-corrected chi connectivity index (χ1v) is 9.10. The summed E-state index contributed by atoms with van der Waals surface area (Å²) in [5.74, 6) is 0.636. The molecule has 0 amide bonds. The molecule has 0 spiro atoms. The first-order valence-electron chi connectivity index (χ1n) is 7.74. The molecule has 0 radical (unpaired) electrons. The van der Waals surface area contributed by atoms with Crippen LogP contribution in [0.25, 0.3) is 0 Å². The fraction of sp³-hybridized carbons (Fsp3) is 0.562. The van der Waals surface area contributed by atoms with Gasteiger partial charge in [-0.25, -0.2) is 4.79 Å². The van der Waals surface area contributed by atoms with Crippen LogP contribution in [-0.4, -0.2) is 45.4 Å². The lowest BCUT2D eigenvalue weighted by molar-refractivity contribution is -0.0893. The number of hydrogen-bond acceptors (Lipinski definition) is 7. The summed E-state index contributed by atoms with van der Waals surface area (Å²) in [5.41, 5.74) is -0.0478. The van der Waals surface area contributed by atoms with Crippen LogP contribution in [0.15, 0.2) is 18.2 Å². The number of rotatable bonds is 5. The van der Waals surface area contributed by atoms with Gasteiger partial charge in [-0.2, -0.15) is 12.7 Å². The molecule has 0 N–H and O–H groups in total. The predicted molar refractivity (Wildman–Crippen MR) is 89.8 cm³/mol. The van der Waals surface area contributed by atoms with E-state index >= 15 is 0 Å². The SMILES string of the molecule is CC(C)OC(=O)OC1Oc2ccc(OS(=O)(=O)N(C)C)cc2C1(C)C. The van der Waals surface area contributed by atoms with E-state index in [1.54, 1.807) is 26.0 Å². The van der Waals surface area contributed by atoms with Crippen LogP contribution in [0.4, 0.5) is 4.79 Å². The van der Waals surface area contributed by atoms with Crippen molar-refractivity contribution in [1.29, 1.82) is 0 Å². The highest BCUT2D eigenvalue weighted by atomic mass is 32.2. The molecular weight excluding hydrogens is 350 g/mol. The molecule has 1 unspecified atom stereocenters. The zero-order valence-electron chi connectivity index (χ0n) is 15.1. The average Bonchev–Trinajstić information content (AvgIpc) is 2.69. The summed E-state index contributed by atoms with van der Waals surface area (Å²) in [6, 6.07) is 4.62. The number of carbonyl (C=O) groups excluding carboxylic acids is 1. The van der Waals surface area contributed by atoms with Crippen LogP contribution < -0.4 is 8.92 Å². The normalized spacial score (nSPS) is 18.6. The molecule has 1 aromatic carbocycles. The molecule has 1 aliphatic rings. The number of nitrogens with zero attached hydrogens (tertiary/aromatic N) is 1. The van der Waals surface area contributed by atoms with Gasteiger partial charge in [0.25, 0.3) is 6.29 Å². The summed E-state index contributed by atoms with van der Waals surface area (Å²) < 4.78 is 45.6. The minimum absolute atomic E-state index is 0.148. The molecule has 0 bridgehead atoms. The van der Waals surface area contributed by atoms with Crippen LogP contribution in [0, 0.1) is 0 Å². The molecule has 2 rings (SSSR count). The van der Waals surface area contributed by atoms with E-state index < -0.39 is 28.2 Å². The molecular formula is C16H23NO7S. The third-order valence-corrected chi connectivity index (χ3v) is 4.95. The summed E-state index contributed by atoms with van der Waals surface area (Å²) in [5, 5.41) is 0. The van der Waals surface area contributed by atoms with E-state index in [9.17, 15) is 13.2 Å². The molecule has 1 aromatic rings. The zero-order chi connectivity index (χ0) is 19.0. The maximum Gasteiger partial charge on any atom is 0.511 e. The van der Waals surface area contributed by atoms with Gasteiger partial charge < -0.3 is 18.4 Å². The Hall–Kier alpha value is -2.00. The average molecular weight is 373 g/mol. The zero-order valence-corrected chi connectivity index (χ0v) is 15.9. The smallest absolute Gasteiger partial charge is 0.453 e. The van der Waals surface area contributed by atoms with Gasteiger partial charge in [-0.1, -0.05) is 0 Å². The van der Waals surface area contributed by atoms with Crippen molar-refractivity contribution < 1.29 is 31.6 Å². The fourth-order valence-corrected chi connectivity index (χ4v) is 2.73. The Balaban J connectivity index is 2.22. The van der Waals surface area contributed by atoms with Crippen LogP contribution in [0.3, 0.4) is 0 Å². The van der Waals surface area contributed by atoms with Gasteiger partial charge in [0.1, 0.15) is 11.5 Å². The van der Waals surface area contributed by atoms with E-state index in [2.05, 4.69) is 0 Å².